The number of amides is 1. The van der Waals surface area contributed by atoms with Gasteiger partial charge in [-0.05, 0) is 18.2 Å². The number of nitrogens with one attached hydrogen (secondary N) is 2. The van der Waals surface area contributed by atoms with E-state index in [2.05, 4.69) is 25.6 Å². The number of hydrogen-bond donors (Lipinski definition) is 2. The first kappa shape index (κ1) is 16.0. The summed E-state index contributed by atoms with van der Waals surface area (Å²) in [7, 11) is 1.61. The van der Waals surface area contributed by atoms with Crippen LogP contribution in [0.2, 0.25) is 0 Å². The third-order valence-electron chi connectivity index (χ3n) is 3.58. The Bertz CT molecular complexity index is 1140. The quantitative estimate of drug-likeness (QED) is 0.568. The molecule has 10 heteroatoms. The summed E-state index contributed by atoms with van der Waals surface area (Å²) in [5.41, 5.74) is 1.43. The molecule has 2 N–H and O–H groups in total. The molecule has 9 nitrogen and oxygen atoms in total. The van der Waals surface area contributed by atoms with E-state index in [4.69, 9.17) is 4.74 Å². The van der Waals surface area contributed by atoms with Crippen molar-refractivity contribution >= 4 is 28.2 Å². The van der Waals surface area contributed by atoms with Gasteiger partial charge < -0.3 is 4.74 Å². The zero-order chi connectivity index (χ0) is 18.1. The Labute approximate surface area is 150 Å². The maximum absolute atomic E-state index is 12.2. The van der Waals surface area contributed by atoms with Crippen LogP contribution < -0.4 is 15.6 Å². The average Bonchev–Trinajstić information content (AvgIpc) is 3.22. The Morgan fingerprint density at radius 2 is 2.19 bits per heavy atom. The molecular formula is C16H12N6O3S. The fourth-order valence-electron chi connectivity index (χ4n) is 2.35. The molecule has 3 aromatic heterocycles. The van der Waals surface area contributed by atoms with Gasteiger partial charge in [-0.1, -0.05) is 12.1 Å². The number of ether oxygens (including phenoxy) is 1. The van der Waals surface area contributed by atoms with Gasteiger partial charge in [0.05, 0.1) is 12.8 Å². The number of methoxy groups -OCH3 is 1. The smallest absolute Gasteiger partial charge is 0.278 e. The monoisotopic (exact) mass is 368 g/mol. The molecule has 0 unspecified atom stereocenters. The fraction of sp³-hybridized carbons (Fsp3) is 0.0625. The highest BCUT2D eigenvalue weighted by Gasteiger charge is 2.15. The van der Waals surface area contributed by atoms with Crippen molar-refractivity contribution < 1.29 is 9.53 Å². The first-order valence-corrected chi connectivity index (χ1v) is 8.38. The van der Waals surface area contributed by atoms with Crippen molar-refractivity contribution in [2.75, 3.05) is 12.4 Å². The predicted molar refractivity (Wildman–Crippen MR) is 95.7 cm³/mol. The minimum atomic E-state index is -0.512. The van der Waals surface area contributed by atoms with E-state index >= 15 is 0 Å². The molecule has 4 rings (SSSR count). The van der Waals surface area contributed by atoms with E-state index in [1.54, 1.807) is 11.6 Å². The molecule has 3 heterocycles. The molecule has 0 aliphatic heterocycles. The second kappa shape index (κ2) is 6.41. The molecule has 0 bridgehead atoms. The third kappa shape index (κ3) is 2.93. The summed E-state index contributed by atoms with van der Waals surface area (Å²) >= 11 is 1.40. The normalized spacial score (nSPS) is 10.8. The summed E-state index contributed by atoms with van der Waals surface area (Å²) in [6.07, 6.45) is 0. The standard InChI is InChI=1S/C16H12N6O3S/c1-25-10-4-2-3-9(7-10)12-8-26-16-18-15(21-22(12)16)17-14(24)11-5-6-13(23)20-19-11/h2-8H,1H3,(H,20,23)(H,17,21,24). The zero-order valence-electron chi connectivity index (χ0n) is 13.5. The van der Waals surface area contributed by atoms with Crippen LogP contribution in [0.5, 0.6) is 5.75 Å². The molecule has 0 saturated carbocycles. The highest BCUT2D eigenvalue weighted by atomic mass is 32.1. The topological polar surface area (TPSA) is 114 Å². The van der Waals surface area contributed by atoms with Gasteiger partial charge in [0.1, 0.15) is 11.4 Å². The van der Waals surface area contributed by atoms with Crippen molar-refractivity contribution in [3.63, 3.8) is 0 Å². The summed E-state index contributed by atoms with van der Waals surface area (Å²) < 4.78 is 6.90. The summed E-state index contributed by atoms with van der Waals surface area (Å²) in [5.74, 6) is 0.376. The molecule has 0 aliphatic carbocycles. The maximum atomic E-state index is 12.2. The van der Waals surface area contributed by atoms with Crippen LogP contribution in [0.3, 0.4) is 0 Å². The van der Waals surface area contributed by atoms with E-state index in [0.29, 0.717) is 4.96 Å². The molecule has 0 spiro atoms. The van der Waals surface area contributed by atoms with Gasteiger partial charge in [0.15, 0.2) is 0 Å². The molecule has 0 atom stereocenters. The van der Waals surface area contributed by atoms with E-state index in [1.807, 2.05) is 29.6 Å². The van der Waals surface area contributed by atoms with Gasteiger partial charge in [0.2, 0.25) is 4.96 Å². The molecule has 130 valence electrons. The Morgan fingerprint density at radius 1 is 1.31 bits per heavy atom. The van der Waals surface area contributed by atoms with E-state index in [-0.39, 0.29) is 17.2 Å². The number of carbonyl (C=O) groups is 1. The fourth-order valence-corrected chi connectivity index (χ4v) is 3.18. The van der Waals surface area contributed by atoms with Crippen LogP contribution in [0, 0.1) is 0 Å². The lowest BCUT2D eigenvalue weighted by Gasteiger charge is -2.03. The van der Waals surface area contributed by atoms with E-state index in [9.17, 15) is 9.59 Å². The van der Waals surface area contributed by atoms with Crippen molar-refractivity contribution in [3.05, 3.63) is 57.8 Å². The van der Waals surface area contributed by atoms with Crippen LogP contribution >= 0.6 is 11.3 Å². The van der Waals surface area contributed by atoms with Crippen molar-refractivity contribution in [1.29, 1.82) is 0 Å². The van der Waals surface area contributed by atoms with Gasteiger partial charge in [-0.15, -0.1) is 16.4 Å². The van der Waals surface area contributed by atoms with E-state index < -0.39 is 5.91 Å². The number of H-pyrrole nitrogens is 1. The maximum Gasteiger partial charge on any atom is 0.278 e. The lowest BCUT2D eigenvalue weighted by molar-refractivity contribution is 0.102. The number of hydrogen-bond acceptors (Lipinski definition) is 7. The summed E-state index contributed by atoms with van der Waals surface area (Å²) in [5, 5.41) is 14.7. The van der Waals surface area contributed by atoms with E-state index in [1.165, 1.54) is 23.5 Å². The molecule has 26 heavy (non-hydrogen) atoms. The molecule has 0 aliphatic rings. The van der Waals surface area contributed by atoms with Crippen molar-refractivity contribution in [2.24, 2.45) is 0 Å². The summed E-state index contributed by atoms with van der Waals surface area (Å²) in [6, 6.07) is 10.1. The Kier molecular flexibility index (Phi) is 3.93. The molecule has 0 saturated heterocycles. The van der Waals surface area contributed by atoms with Crippen LogP contribution in [0.1, 0.15) is 10.5 Å². The van der Waals surface area contributed by atoms with Gasteiger partial charge in [0, 0.05) is 17.0 Å². The number of nitrogens with zero attached hydrogens (tertiary/aromatic N) is 4. The SMILES string of the molecule is COc1cccc(-c2csc3nc(NC(=O)c4ccc(=O)[nH]n4)nn23)c1. The van der Waals surface area contributed by atoms with Crippen molar-refractivity contribution in [2.45, 2.75) is 0 Å². The Morgan fingerprint density at radius 3 is 2.96 bits per heavy atom. The second-order valence-corrected chi connectivity index (χ2v) is 6.08. The summed E-state index contributed by atoms with van der Waals surface area (Å²) in [4.78, 5) is 28.1. The summed E-state index contributed by atoms with van der Waals surface area (Å²) in [6.45, 7) is 0. The van der Waals surface area contributed by atoms with Crippen molar-refractivity contribution in [3.8, 4) is 17.0 Å². The van der Waals surface area contributed by atoms with E-state index in [0.717, 1.165) is 17.0 Å². The van der Waals surface area contributed by atoms with Crippen LogP contribution in [0.4, 0.5) is 5.95 Å². The minimum absolute atomic E-state index is 0.0655. The number of anilines is 1. The Balaban J connectivity index is 1.64. The Hall–Kier alpha value is -3.53. The van der Waals surface area contributed by atoms with Crippen LogP contribution in [0.25, 0.3) is 16.2 Å². The predicted octanol–water partition coefficient (Wildman–Crippen LogP) is 1.80. The number of rotatable bonds is 4. The van der Waals surface area contributed by atoms with Gasteiger partial charge in [0.25, 0.3) is 17.4 Å². The third-order valence-corrected chi connectivity index (χ3v) is 4.40. The first-order valence-electron chi connectivity index (χ1n) is 7.50. The van der Waals surface area contributed by atoms with Gasteiger partial charge in [-0.25, -0.2) is 9.61 Å². The van der Waals surface area contributed by atoms with Gasteiger partial charge >= 0.3 is 0 Å². The van der Waals surface area contributed by atoms with Crippen LogP contribution in [-0.4, -0.2) is 37.8 Å². The number of thiazole rings is 1. The largest absolute Gasteiger partial charge is 0.497 e. The highest BCUT2D eigenvalue weighted by Crippen LogP contribution is 2.28. The molecule has 1 aromatic carbocycles. The number of carbonyl (C=O) groups excluding carboxylic acids is 1. The molecule has 0 radical (unpaired) electrons. The lowest BCUT2D eigenvalue weighted by Crippen LogP contribution is -2.18. The van der Waals surface area contributed by atoms with Gasteiger partial charge in [-0.3, -0.25) is 14.9 Å². The molecule has 4 aromatic rings. The molecule has 1 amide bonds. The highest BCUT2D eigenvalue weighted by molar-refractivity contribution is 7.15. The average molecular weight is 368 g/mol. The minimum Gasteiger partial charge on any atom is -0.497 e. The number of fused-ring (bicyclic) bond motifs is 1. The van der Waals surface area contributed by atoms with Crippen molar-refractivity contribution in [1.82, 2.24) is 24.8 Å². The van der Waals surface area contributed by atoms with Crippen LogP contribution in [-0.2, 0) is 0 Å². The zero-order valence-corrected chi connectivity index (χ0v) is 14.3. The number of aromatic nitrogens is 5. The first-order chi connectivity index (χ1) is 12.6. The van der Waals surface area contributed by atoms with Crippen LogP contribution in [0.15, 0.2) is 46.6 Å². The second-order valence-electron chi connectivity index (χ2n) is 5.24. The van der Waals surface area contributed by atoms with Gasteiger partial charge in [-0.2, -0.15) is 10.1 Å². The molecule has 0 fully saturated rings. The lowest BCUT2D eigenvalue weighted by atomic mass is 10.2. The number of aromatic amines is 1. The number of benzene rings is 1. The molecular weight excluding hydrogens is 356 g/mol.